The molecule has 0 saturated carbocycles. The van der Waals surface area contributed by atoms with Crippen molar-refractivity contribution in [3.8, 4) is 11.1 Å². The molecule has 1 aromatic carbocycles. The quantitative estimate of drug-likeness (QED) is 0.590. The highest BCUT2D eigenvalue weighted by molar-refractivity contribution is 6.46. The summed E-state index contributed by atoms with van der Waals surface area (Å²) in [6, 6.07) is 1.59. The molecular weight excluding hydrogens is 327 g/mol. The first-order chi connectivity index (χ1) is 10.5. The van der Waals surface area contributed by atoms with Gasteiger partial charge in [0.15, 0.2) is 0 Å². The largest absolute Gasteiger partial charge is 0.390 e. The van der Waals surface area contributed by atoms with Crippen LogP contribution in [0.15, 0.2) is 18.5 Å². The molecule has 2 aromatic heterocycles. The number of aliphatic hydroxyl groups excluding tert-OH is 1. The molecule has 0 aliphatic rings. The Labute approximate surface area is 135 Å². The number of halogens is 2. The Balaban J connectivity index is 2.42. The summed E-state index contributed by atoms with van der Waals surface area (Å²) in [6.45, 7) is 1.19. The van der Waals surface area contributed by atoms with Gasteiger partial charge in [-0.25, -0.2) is 0 Å². The van der Waals surface area contributed by atoms with Crippen LogP contribution in [0.3, 0.4) is 0 Å². The molecule has 2 heterocycles. The minimum Gasteiger partial charge on any atom is -0.390 e. The Hall–Kier alpha value is -2.02. The maximum atomic E-state index is 11.5. The van der Waals surface area contributed by atoms with Crippen molar-refractivity contribution in [2.45, 2.75) is 13.5 Å². The van der Waals surface area contributed by atoms with Crippen LogP contribution in [0.25, 0.3) is 22.0 Å². The van der Waals surface area contributed by atoms with Crippen molar-refractivity contribution in [2.24, 2.45) is 0 Å². The number of aromatic amines is 2. The first-order valence-corrected chi connectivity index (χ1v) is 7.18. The molecule has 6 nitrogen and oxygen atoms in total. The lowest BCUT2D eigenvalue weighted by Gasteiger charge is -2.09. The minimum atomic E-state index is -0.232. The summed E-state index contributed by atoms with van der Waals surface area (Å²) >= 11 is 12.4. The molecule has 0 atom stereocenters. The van der Waals surface area contributed by atoms with Gasteiger partial charge in [0.05, 0.1) is 34.1 Å². The number of nitrogens with zero attached hydrogens (tertiary/aromatic N) is 1. The Morgan fingerprint density at radius 3 is 2.82 bits per heavy atom. The van der Waals surface area contributed by atoms with E-state index in [1.165, 1.54) is 6.92 Å². The SMILES string of the molecule is CC(=O)Nc1cc(Cl)c(Cl)c2[nH]c(CO)c(-c3cn[nH]c3)c12. The van der Waals surface area contributed by atoms with Crippen molar-refractivity contribution in [1.82, 2.24) is 15.2 Å². The standard InChI is InChI=1S/C14H12Cl2N4O2/c1-6(22)19-9-2-8(15)13(16)14-12(9)11(10(5-21)20-14)7-3-17-18-4-7/h2-4,20-21H,5H2,1H3,(H,17,18)(H,19,22). The molecule has 0 spiro atoms. The lowest BCUT2D eigenvalue weighted by atomic mass is 10.0. The number of aromatic nitrogens is 3. The molecule has 0 aliphatic carbocycles. The van der Waals surface area contributed by atoms with Crippen LogP contribution in [0.1, 0.15) is 12.6 Å². The minimum absolute atomic E-state index is 0.220. The number of fused-ring (bicyclic) bond motifs is 1. The zero-order valence-electron chi connectivity index (χ0n) is 11.5. The number of carbonyl (C=O) groups excluding carboxylic acids is 1. The van der Waals surface area contributed by atoms with Crippen LogP contribution >= 0.6 is 23.2 Å². The number of hydrogen-bond donors (Lipinski definition) is 4. The predicted molar refractivity (Wildman–Crippen MR) is 86.1 cm³/mol. The van der Waals surface area contributed by atoms with Gasteiger partial charge >= 0.3 is 0 Å². The van der Waals surface area contributed by atoms with E-state index in [-0.39, 0.29) is 12.5 Å². The molecule has 8 heteroatoms. The zero-order valence-corrected chi connectivity index (χ0v) is 13.0. The number of hydrogen-bond acceptors (Lipinski definition) is 3. The van der Waals surface area contributed by atoms with Gasteiger partial charge in [0.2, 0.25) is 5.91 Å². The molecule has 0 radical (unpaired) electrons. The van der Waals surface area contributed by atoms with E-state index in [2.05, 4.69) is 20.5 Å². The molecule has 1 amide bonds. The van der Waals surface area contributed by atoms with E-state index >= 15 is 0 Å². The van der Waals surface area contributed by atoms with Crippen LogP contribution in [0, 0.1) is 0 Å². The van der Waals surface area contributed by atoms with Crippen molar-refractivity contribution >= 4 is 45.7 Å². The van der Waals surface area contributed by atoms with Gasteiger partial charge in [-0.15, -0.1) is 0 Å². The summed E-state index contributed by atoms with van der Waals surface area (Å²) in [4.78, 5) is 14.5. The maximum absolute atomic E-state index is 11.5. The number of aliphatic hydroxyl groups is 1. The fourth-order valence-electron chi connectivity index (χ4n) is 2.48. The highest BCUT2D eigenvalue weighted by Gasteiger charge is 2.21. The number of rotatable bonds is 3. The number of H-pyrrole nitrogens is 2. The van der Waals surface area contributed by atoms with Crippen molar-refractivity contribution in [3.05, 3.63) is 34.2 Å². The summed E-state index contributed by atoms with van der Waals surface area (Å²) in [7, 11) is 0. The van der Waals surface area contributed by atoms with Crippen LogP contribution in [-0.2, 0) is 11.4 Å². The van der Waals surface area contributed by atoms with Gasteiger partial charge in [-0.3, -0.25) is 9.89 Å². The van der Waals surface area contributed by atoms with Gasteiger partial charge in [-0.1, -0.05) is 23.2 Å². The summed E-state index contributed by atoms with van der Waals surface area (Å²) in [5.74, 6) is -0.232. The van der Waals surface area contributed by atoms with Crippen LogP contribution in [0.2, 0.25) is 10.0 Å². The lowest BCUT2D eigenvalue weighted by Crippen LogP contribution is -2.06. The van der Waals surface area contributed by atoms with Crippen LogP contribution in [0.5, 0.6) is 0 Å². The second-order valence-corrected chi connectivity index (χ2v) is 5.56. The molecule has 22 heavy (non-hydrogen) atoms. The molecule has 4 N–H and O–H groups in total. The molecule has 3 aromatic rings. The van der Waals surface area contributed by atoms with Gasteiger partial charge in [0.1, 0.15) is 0 Å². The number of carbonyl (C=O) groups is 1. The third-order valence-corrected chi connectivity index (χ3v) is 4.09. The fraction of sp³-hybridized carbons (Fsp3) is 0.143. The molecule has 3 rings (SSSR count). The van der Waals surface area contributed by atoms with E-state index < -0.39 is 0 Å². The van der Waals surface area contributed by atoms with Crippen LogP contribution < -0.4 is 5.32 Å². The predicted octanol–water partition coefficient (Wildman–Crippen LogP) is 3.32. The molecule has 0 bridgehead atoms. The van der Waals surface area contributed by atoms with E-state index in [4.69, 9.17) is 23.2 Å². The summed E-state index contributed by atoms with van der Waals surface area (Å²) in [6.07, 6.45) is 3.32. The molecule has 0 saturated heterocycles. The van der Waals surface area contributed by atoms with Gasteiger partial charge in [0, 0.05) is 35.3 Å². The molecule has 0 aliphatic heterocycles. The number of benzene rings is 1. The maximum Gasteiger partial charge on any atom is 0.221 e. The van der Waals surface area contributed by atoms with E-state index in [9.17, 15) is 9.90 Å². The van der Waals surface area contributed by atoms with Crippen LogP contribution in [-0.4, -0.2) is 26.2 Å². The van der Waals surface area contributed by atoms with Crippen molar-refractivity contribution < 1.29 is 9.90 Å². The molecular formula is C14H12Cl2N4O2. The Kier molecular flexibility index (Phi) is 3.82. The van der Waals surface area contributed by atoms with E-state index in [1.54, 1.807) is 18.5 Å². The zero-order chi connectivity index (χ0) is 15.9. The van der Waals surface area contributed by atoms with Gasteiger partial charge in [0.25, 0.3) is 0 Å². The smallest absolute Gasteiger partial charge is 0.221 e. The number of nitrogens with one attached hydrogen (secondary N) is 3. The highest BCUT2D eigenvalue weighted by Crippen LogP contribution is 2.42. The van der Waals surface area contributed by atoms with Crippen molar-refractivity contribution in [1.29, 1.82) is 0 Å². The van der Waals surface area contributed by atoms with E-state index in [1.807, 2.05) is 0 Å². The monoisotopic (exact) mass is 338 g/mol. The number of amides is 1. The lowest BCUT2D eigenvalue weighted by molar-refractivity contribution is -0.114. The first kappa shape index (κ1) is 14.9. The van der Waals surface area contributed by atoms with Crippen LogP contribution in [0.4, 0.5) is 5.69 Å². The van der Waals surface area contributed by atoms with Gasteiger partial charge in [-0.05, 0) is 6.07 Å². The number of anilines is 1. The van der Waals surface area contributed by atoms with E-state index in [0.29, 0.717) is 37.9 Å². The van der Waals surface area contributed by atoms with Crippen molar-refractivity contribution in [3.63, 3.8) is 0 Å². The Bertz CT molecular complexity index is 856. The topological polar surface area (TPSA) is 93.8 Å². The summed E-state index contributed by atoms with van der Waals surface area (Å²) in [5, 5.41) is 20.3. The molecule has 114 valence electrons. The third-order valence-electron chi connectivity index (χ3n) is 3.30. The van der Waals surface area contributed by atoms with Crippen molar-refractivity contribution in [2.75, 3.05) is 5.32 Å². The summed E-state index contributed by atoms with van der Waals surface area (Å²) < 4.78 is 0. The molecule has 0 fully saturated rings. The second kappa shape index (κ2) is 5.64. The molecule has 0 unspecified atom stereocenters. The normalized spacial score (nSPS) is 11.1. The fourth-order valence-corrected chi connectivity index (χ4v) is 2.88. The first-order valence-electron chi connectivity index (χ1n) is 6.43. The Morgan fingerprint density at radius 1 is 1.45 bits per heavy atom. The van der Waals surface area contributed by atoms with Gasteiger partial charge in [-0.2, -0.15) is 5.10 Å². The average Bonchev–Trinajstić information content (AvgIpc) is 3.10. The second-order valence-electron chi connectivity index (χ2n) is 4.77. The highest BCUT2D eigenvalue weighted by atomic mass is 35.5. The Morgan fingerprint density at radius 2 is 2.23 bits per heavy atom. The average molecular weight is 339 g/mol. The van der Waals surface area contributed by atoms with E-state index in [0.717, 1.165) is 5.56 Å². The van der Waals surface area contributed by atoms with Gasteiger partial charge < -0.3 is 15.4 Å². The third kappa shape index (κ3) is 2.35. The summed E-state index contributed by atoms with van der Waals surface area (Å²) in [5.41, 5.74) is 3.11.